The van der Waals surface area contributed by atoms with Crippen molar-refractivity contribution in [3.63, 3.8) is 0 Å². The third-order valence-electron chi connectivity index (χ3n) is 4.49. The number of hydrogen-bond acceptors (Lipinski definition) is 7. The van der Waals surface area contributed by atoms with E-state index in [1.54, 1.807) is 13.3 Å². The van der Waals surface area contributed by atoms with Gasteiger partial charge in [-0.15, -0.1) is 0 Å². The molecule has 4 aromatic rings. The predicted molar refractivity (Wildman–Crippen MR) is 126 cm³/mol. The van der Waals surface area contributed by atoms with Crippen LogP contribution >= 0.6 is 11.9 Å². The minimum atomic E-state index is -0.283. The fourth-order valence-corrected chi connectivity index (χ4v) is 3.51. The van der Waals surface area contributed by atoms with E-state index in [-0.39, 0.29) is 12.5 Å². The number of nitrogens with zero attached hydrogens (tertiary/aromatic N) is 3. The zero-order chi connectivity index (χ0) is 22.6. The van der Waals surface area contributed by atoms with Crippen LogP contribution in [0, 0.1) is 0 Å². The Kier molecular flexibility index (Phi) is 9.24. The van der Waals surface area contributed by atoms with Gasteiger partial charge in [0.15, 0.2) is 0 Å². The Balaban J connectivity index is 0.000000269. The molecule has 0 atom stereocenters. The molecule has 0 amide bonds. The summed E-state index contributed by atoms with van der Waals surface area (Å²) in [6.45, 7) is 1.63. The fraction of sp³-hybridized carbons (Fsp3) is 0.208. The summed E-state index contributed by atoms with van der Waals surface area (Å²) in [6, 6.07) is 20.2. The van der Waals surface area contributed by atoms with Crippen LogP contribution in [-0.4, -0.2) is 41.3 Å². The highest BCUT2D eigenvalue weighted by atomic mass is 32.2. The molecule has 0 bridgehead atoms. The molecular weight excluding hydrogens is 424 g/mol. The Bertz CT molecular complexity index is 1100. The highest BCUT2D eigenvalue weighted by Gasteiger charge is 2.04. The third-order valence-corrected chi connectivity index (χ3v) is 5.28. The first-order valence-electron chi connectivity index (χ1n) is 10.0. The molecule has 0 saturated carbocycles. The lowest BCUT2D eigenvalue weighted by atomic mass is 10.2. The maximum absolute atomic E-state index is 11.0. The Morgan fingerprint density at radius 3 is 2.53 bits per heavy atom. The lowest BCUT2D eigenvalue weighted by Gasteiger charge is -2.06. The van der Waals surface area contributed by atoms with Gasteiger partial charge in [0.1, 0.15) is 6.54 Å². The molecule has 4 rings (SSSR count). The number of carbonyl (C=O) groups is 1. The summed E-state index contributed by atoms with van der Waals surface area (Å²) in [5.74, 6) is -0.283. The van der Waals surface area contributed by atoms with E-state index in [0.29, 0.717) is 6.61 Å². The minimum absolute atomic E-state index is 0.178. The van der Waals surface area contributed by atoms with Crippen molar-refractivity contribution in [3.05, 3.63) is 90.5 Å². The van der Waals surface area contributed by atoms with E-state index in [1.807, 2.05) is 61.1 Å². The summed E-state index contributed by atoms with van der Waals surface area (Å²) in [7, 11) is 3.08. The SMILES string of the molecule is COC(=O)CNSc1ccc(Cn2cnc3ccncc32)cc1.COCc1ccccc1. The van der Waals surface area contributed by atoms with E-state index in [4.69, 9.17) is 4.74 Å². The maximum atomic E-state index is 11.0. The average Bonchev–Trinajstić information content (AvgIpc) is 3.24. The quantitative estimate of drug-likeness (QED) is 0.320. The first kappa shape index (κ1) is 23.5. The van der Waals surface area contributed by atoms with Gasteiger partial charge in [-0.1, -0.05) is 42.5 Å². The van der Waals surface area contributed by atoms with Crippen LogP contribution in [0.25, 0.3) is 11.0 Å². The molecule has 8 heteroatoms. The molecule has 166 valence electrons. The fourth-order valence-electron chi connectivity index (χ4n) is 2.88. The molecular formula is C24H26N4O3S. The van der Waals surface area contributed by atoms with Gasteiger partial charge in [-0.25, -0.2) is 9.71 Å². The van der Waals surface area contributed by atoms with Crippen molar-refractivity contribution in [2.75, 3.05) is 20.8 Å². The zero-order valence-electron chi connectivity index (χ0n) is 18.1. The van der Waals surface area contributed by atoms with Gasteiger partial charge in [0.05, 0.1) is 37.3 Å². The molecule has 0 unspecified atom stereocenters. The van der Waals surface area contributed by atoms with E-state index < -0.39 is 0 Å². The standard InChI is InChI=1S/C16H16N4O2S.C8H10O/c1-22-16(21)9-19-23-13-4-2-12(3-5-13)10-20-11-18-14-6-7-17-8-15(14)20;1-9-7-8-5-3-2-4-6-8/h2-8,11,19H,9-10H2,1H3;2-6H,7H2,1H3. The normalized spacial score (nSPS) is 10.4. The van der Waals surface area contributed by atoms with Gasteiger partial charge in [-0.05, 0) is 41.3 Å². The first-order valence-corrected chi connectivity index (χ1v) is 10.8. The van der Waals surface area contributed by atoms with Gasteiger partial charge in [0.25, 0.3) is 0 Å². The number of aromatic nitrogens is 3. The van der Waals surface area contributed by atoms with Crippen LogP contribution < -0.4 is 4.72 Å². The maximum Gasteiger partial charge on any atom is 0.320 e. The van der Waals surface area contributed by atoms with Crippen LogP contribution in [-0.2, 0) is 27.4 Å². The number of esters is 1. The van der Waals surface area contributed by atoms with E-state index in [9.17, 15) is 4.79 Å². The Labute approximate surface area is 191 Å². The molecule has 0 fully saturated rings. The predicted octanol–water partition coefficient (Wildman–Crippen LogP) is 4.08. The van der Waals surface area contributed by atoms with Crippen molar-refractivity contribution >= 4 is 29.0 Å². The Morgan fingerprint density at radius 2 is 1.81 bits per heavy atom. The van der Waals surface area contributed by atoms with Crippen molar-refractivity contribution in [1.82, 2.24) is 19.3 Å². The van der Waals surface area contributed by atoms with Crippen molar-refractivity contribution < 1.29 is 14.3 Å². The van der Waals surface area contributed by atoms with Crippen molar-refractivity contribution in [2.24, 2.45) is 0 Å². The van der Waals surface area contributed by atoms with Crippen molar-refractivity contribution in [1.29, 1.82) is 0 Å². The monoisotopic (exact) mass is 450 g/mol. The molecule has 2 aromatic heterocycles. The number of nitrogens with one attached hydrogen (secondary N) is 1. The number of imidazole rings is 1. The molecule has 7 nitrogen and oxygen atoms in total. The molecule has 2 aromatic carbocycles. The van der Waals surface area contributed by atoms with E-state index in [1.165, 1.54) is 30.2 Å². The molecule has 0 aliphatic carbocycles. The van der Waals surface area contributed by atoms with E-state index >= 15 is 0 Å². The lowest BCUT2D eigenvalue weighted by molar-refractivity contribution is -0.139. The highest BCUT2D eigenvalue weighted by molar-refractivity contribution is 7.97. The van der Waals surface area contributed by atoms with Crippen LogP contribution in [0.4, 0.5) is 0 Å². The summed E-state index contributed by atoms with van der Waals surface area (Å²) in [5.41, 5.74) is 4.36. The van der Waals surface area contributed by atoms with Gasteiger partial charge < -0.3 is 14.0 Å². The van der Waals surface area contributed by atoms with Gasteiger partial charge in [0.2, 0.25) is 0 Å². The van der Waals surface area contributed by atoms with E-state index in [2.05, 4.69) is 36.1 Å². The molecule has 32 heavy (non-hydrogen) atoms. The summed E-state index contributed by atoms with van der Waals surface area (Å²) in [4.78, 5) is 20.6. The third kappa shape index (κ3) is 7.19. The summed E-state index contributed by atoms with van der Waals surface area (Å²) in [6.07, 6.45) is 5.39. The van der Waals surface area contributed by atoms with Gasteiger partial charge in [-0.3, -0.25) is 9.78 Å². The van der Waals surface area contributed by atoms with Gasteiger partial charge in [0, 0.05) is 24.7 Å². The lowest BCUT2D eigenvalue weighted by Crippen LogP contribution is -2.17. The van der Waals surface area contributed by atoms with Crippen LogP contribution in [0.5, 0.6) is 0 Å². The largest absolute Gasteiger partial charge is 0.468 e. The number of carbonyl (C=O) groups excluding carboxylic acids is 1. The second kappa shape index (κ2) is 12.6. The summed E-state index contributed by atoms with van der Waals surface area (Å²) >= 11 is 1.40. The molecule has 0 aliphatic heterocycles. The van der Waals surface area contributed by atoms with E-state index in [0.717, 1.165) is 22.5 Å². The summed E-state index contributed by atoms with van der Waals surface area (Å²) < 4.78 is 14.5. The van der Waals surface area contributed by atoms with Crippen LogP contribution in [0.1, 0.15) is 11.1 Å². The van der Waals surface area contributed by atoms with Crippen molar-refractivity contribution in [3.8, 4) is 0 Å². The van der Waals surface area contributed by atoms with Gasteiger partial charge in [-0.2, -0.15) is 0 Å². The second-order valence-electron chi connectivity index (χ2n) is 6.80. The zero-order valence-corrected chi connectivity index (χ0v) is 18.9. The number of ether oxygens (including phenoxy) is 2. The highest BCUT2D eigenvalue weighted by Crippen LogP contribution is 2.17. The molecule has 1 N–H and O–H groups in total. The smallest absolute Gasteiger partial charge is 0.320 e. The average molecular weight is 451 g/mol. The molecule has 2 heterocycles. The number of hydrogen-bond donors (Lipinski definition) is 1. The van der Waals surface area contributed by atoms with Crippen molar-refractivity contribution in [2.45, 2.75) is 18.0 Å². The molecule has 0 aliphatic rings. The van der Waals surface area contributed by atoms with Crippen LogP contribution in [0.3, 0.4) is 0 Å². The van der Waals surface area contributed by atoms with Crippen LogP contribution in [0.2, 0.25) is 0 Å². The Hall–Kier alpha value is -3.20. The molecule has 0 radical (unpaired) electrons. The molecule has 0 saturated heterocycles. The Morgan fingerprint density at radius 1 is 1.03 bits per heavy atom. The van der Waals surface area contributed by atoms with Crippen LogP contribution in [0.15, 0.2) is 84.3 Å². The number of methoxy groups -OCH3 is 2. The second-order valence-corrected chi connectivity index (χ2v) is 7.76. The number of fused-ring (bicyclic) bond motifs is 1. The minimum Gasteiger partial charge on any atom is -0.468 e. The topological polar surface area (TPSA) is 78.3 Å². The number of rotatable bonds is 8. The first-order chi connectivity index (χ1) is 15.7. The molecule has 0 spiro atoms. The number of benzene rings is 2. The summed E-state index contributed by atoms with van der Waals surface area (Å²) in [5, 5.41) is 0. The number of pyridine rings is 1. The van der Waals surface area contributed by atoms with Gasteiger partial charge >= 0.3 is 5.97 Å².